The van der Waals surface area contributed by atoms with Gasteiger partial charge in [-0.2, -0.15) is 4.98 Å². The Morgan fingerprint density at radius 3 is 2.67 bits per heavy atom. The Bertz CT molecular complexity index is 681. The van der Waals surface area contributed by atoms with Crippen molar-refractivity contribution < 1.29 is 15.0 Å². The Balaban J connectivity index is 1.97. The van der Waals surface area contributed by atoms with E-state index in [0.29, 0.717) is 32.0 Å². The van der Waals surface area contributed by atoms with E-state index in [2.05, 4.69) is 9.97 Å². The average Bonchev–Trinajstić information content (AvgIpc) is 2.89. The molecule has 9 heteroatoms. The highest BCUT2D eigenvalue weighted by atomic mass is 32.1. The van der Waals surface area contributed by atoms with Crippen molar-refractivity contribution in [2.24, 2.45) is 0 Å². The molecule has 0 bridgehead atoms. The Labute approximate surface area is 124 Å². The molecule has 0 radical (unpaired) electrons. The van der Waals surface area contributed by atoms with Crippen LogP contribution in [-0.4, -0.2) is 57.4 Å². The van der Waals surface area contributed by atoms with E-state index in [1.165, 1.54) is 16.2 Å². The van der Waals surface area contributed by atoms with Crippen LogP contribution < -0.4 is 10.6 Å². The zero-order valence-electron chi connectivity index (χ0n) is 11.2. The van der Waals surface area contributed by atoms with Crippen LogP contribution in [0.1, 0.15) is 5.56 Å². The molecule has 112 valence electrons. The van der Waals surface area contributed by atoms with Crippen LogP contribution in [0.15, 0.2) is 5.38 Å². The number of thiophene rings is 1. The van der Waals surface area contributed by atoms with Crippen molar-refractivity contribution >= 4 is 39.4 Å². The molecule has 1 aliphatic heterocycles. The quantitative estimate of drug-likeness (QED) is 0.742. The lowest BCUT2D eigenvalue weighted by molar-refractivity contribution is 0.142. The van der Waals surface area contributed by atoms with Crippen molar-refractivity contribution in [1.29, 1.82) is 0 Å². The maximum absolute atomic E-state index is 11.0. The number of aliphatic hydroxyl groups excluding tert-OH is 1. The summed E-state index contributed by atoms with van der Waals surface area (Å²) in [6.07, 6.45) is -0.909. The van der Waals surface area contributed by atoms with Crippen LogP contribution in [-0.2, 0) is 6.61 Å². The second-order valence-electron chi connectivity index (χ2n) is 4.76. The molecule has 3 heterocycles. The third-order valence-electron chi connectivity index (χ3n) is 3.53. The Kier molecular flexibility index (Phi) is 3.52. The Hall–Kier alpha value is -2.13. The molecule has 0 saturated carbocycles. The summed E-state index contributed by atoms with van der Waals surface area (Å²) >= 11 is 1.41. The molecule has 0 aliphatic carbocycles. The summed E-state index contributed by atoms with van der Waals surface area (Å²) in [6, 6.07) is 0. The van der Waals surface area contributed by atoms with Crippen molar-refractivity contribution in [3.63, 3.8) is 0 Å². The zero-order chi connectivity index (χ0) is 15.0. The van der Waals surface area contributed by atoms with E-state index in [9.17, 15) is 9.90 Å². The summed E-state index contributed by atoms with van der Waals surface area (Å²) in [4.78, 5) is 23.5. The smallest absolute Gasteiger partial charge is 0.407 e. The van der Waals surface area contributed by atoms with Gasteiger partial charge in [0.25, 0.3) is 0 Å². The average molecular weight is 309 g/mol. The van der Waals surface area contributed by atoms with E-state index in [1.54, 1.807) is 0 Å². The van der Waals surface area contributed by atoms with E-state index in [0.717, 1.165) is 15.8 Å². The first-order valence-corrected chi connectivity index (χ1v) is 7.35. The van der Waals surface area contributed by atoms with Crippen LogP contribution in [0.2, 0.25) is 0 Å². The monoisotopic (exact) mass is 309 g/mol. The molecule has 2 aromatic heterocycles. The summed E-state index contributed by atoms with van der Waals surface area (Å²) in [6.45, 7) is 1.82. The largest absolute Gasteiger partial charge is 0.465 e. The number of rotatable bonds is 2. The lowest BCUT2D eigenvalue weighted by Gasteiger charge is -2.34. The number of nitrogens with zero attached hydrogens (tertiary/aromatic N) is 4. The van der Waals surface area contributed by atoms with Crippen molar-refractivity contribution in [2.45, 2.75) is 6.61 Å². The summed E-state index contributed by atoms with van der Waals surface area (Å²) < 4.78 is 0. The molecule has 8 nitrogen and oxygen atoms in total. The Morgan fingerprint density at radius 2 is 2.05 bits per heavy atom. The molecule has 1 amide bonds. The minimum atomic E-state index is -0.909. The predicted octanol–water partition coefficient (Wildman–Crippen LogP) is 0.566. The number of nitrogens with two attached hydrogens (primary N) is 1. The topological polar surface area (TPSA) is 116 Å². The molecule has 3 rings (SSSR count). The van der Waals surface area contributed by atoms with E-state index in [1.807, 2.05) is 10.3 Å². The standard InChI is InChI=1S/C12H15N5O3S/c13-11-14-9(8-7(5-18)6-21-10(8)15-11)16-1-3-17(4-2-16)12(19)20/h6,18H,1-5H2,(H,19,20)(H2,13,14,15). The number of amides is 1. The van der Waals surface area contributed by atoms with Crippen LogP contribution in [0.3, 0.4) is 0 Å². The van der Waals surface area contributed by atoms with Gasteiger partial charge in [-0.25, -0.2) is 9.78 Å². The highest BCUT2D eigenvalue weighted by Gasteiger charge is 2.24. The van der Waals surface area contributed by atoms with Gasteiger partial charge in [-0.1, -0.05) is 0 Å². The second-order valence-corrected chi connectivity index (χ2v) is 5.62. The summed E-state index contributed by atoms with van der Waals surface area (Å²) in [5.41, 5.74) is 6.52. The lowest BCUT2D eigenvalue weighted by atomic mass is 10.2. The molecule has 0 aromatic carbocycles. The number of piperazine rings is 1. The van der Waals surface area contributed by atoms with Gasteiger partial charge in [0.2, 0.25) is 5.95 Å². The third-order valence-corrected chi connectivity index (χ3v) is 4.45. The van der Waals surface area contributed by atoms with Crippen LogP contribution in [0, 0.1) is 0 Å². The van der Waals surface area contributed by atoms with Crippen molar-refractivity contribution in [2.75, 3.05) is 36.8 Å². The predicted molar refractivity (Wildman–Crippen MR) is 79.6 cm³/mol. The maximum Gasteiger partial charge on any atom is 0.407 e. The molecule has 0 atom stereocenters. The van der Waals surface area contributed by atoms with Crippen LogP contribution in [0.5, 0.6) is 0 Å². The first-order chi connectivity index (χ1) is 10.1. The number of aromatic nitrogens is 2. The fourth-order valence-corrected chi connectivity index (χ4v) is 3.38. The van der Waals surface area contributed by atoms with Crippen LogP contribution in [0.25, 0.3) is 10.2 Å². The molecule has 0 unspecified atom stereocenters. The fraction of sp³-hybridized carbons (Fsp3) is 0.417. The number of carbonyl (C=O) groups is 1. The van der Waals surface area contributed by atoms with Gasteiger partial charge in [0, 0.05) is 31.7 Å². The second kappa shape index (κ2) is 5.34. The molecule has 1 fully saturated rings. The minimum Gasteiger partial charge on any atom is -0.465 e. The van der Waals surface area contributed by atoms with Gasteiger partial charge in [-0.05, 0) is 5.38 Å². The number of hydrogen-bond donors (Lipinski definition) is 3. The fourth-order valence-electron chi connectivity index (χ4n) is 2.45. The highest BCUT2D eigenvalue weighted by molar-refractivity contribution is 7.17. The number of fused-ring (bicyclic) bond motifs is 1. The lowest BCUT2D eigenvalue weighted by Crippen LogP contribution is -2.48. The van der Waals surface area contributed by atoms with Gasteiger partial charge in [-0.15, -0.1) is 11.3 Å². The molecule has 0 spiro atoms. The zero-order valence-corrected chi connectivity index (χ0v) is 12.0. The summed E-state index contributed by atoms with van der Waals surface area (Å²) in [7, 11) is 0. The van der Waals surface area contributed by atoms with Crippen molar-refractivity contribution in [1.82, 2.24) is 14.9 Å². The first-order valence-electron chi connectivity index (χ1n) is 6.47. The molecule has 1 saturated heterocycles. The molecule has 1 aliphatic rings. The van der Waals surface area contributed by atoms with E-state index < -0.39 is 6.09 Å². The number of nitrogen functional groups attached to an aromatic ring is 1. The van der Waals surface area contributed by atoms with Gasteiger partial charge in [0.15, 0.2) is 0 Å². The molecule has 4 N–H and O–H groups in total. The van der Waals surface area contributed by atoms with E-state index in [-0.39, 0.29) is 12.6 Å². The molecular formula is C12H15N5O3S. The summed E-state index contributed by atoms with van der Waals surface area (Å²) in [5, 5.41) is 21.1. The van der Waals surface area contributed by atoms with E-state index in [4.69, 9.17) is 10.8 Å². The van der Waals surface area contributed by atoms with Gasteiger partial charge < -0.3 is 25.7 Å². The van der Waals surface area contributed by atoms with Gasteiger partial charge in [0.1, 0.15) is 10.6 Å². The molecule has 21 heavy (non-hydrogen) atoms. The number of hydrogen-bond acceptors (Lipinski definition) is 7. The van der Waals surface area contributed by atoms with Crippen LogP contribution in [0.4, 0.5) is 16.6 Å². The first kappa shape index (κ1) is 13.8. The van der Waals surface area contributed by atoms with E-state index >= 15 is 0 Å². The minimum absolute atomic E-state index is 0.0879. The number of anilines is 2. The van der Waals surface area contributed by atoms with Crippen LogP contribution >= 0.6 is 11.3 Å². The van der Waals surface area contributed by atoms with Gasteiger partial charge >= 0.3 is 6.09 Å². The maximum atomic E-state index is 11.0. The van der Waals surface area contributed by atoms with Crippen molar-refractivity contribution in [3.8, 4) is 0 Å². The number of carboxylic acid groups (broad SMARTS) is 1. The Morgan fingerprint density at radius 1 is 1.33 bits per heavy atom. The third kappa shape index (κ3) is 2.45. The highest BCUT2D eigenvalue weighted by Crippen LogP contribution is 2.33. The van der Waals surface area contributed by atoms with Crippen molar-refractivity contribution in [3.05, 3.63) is 10.9 Å². The SMILES string of the molecule is Nc1nc(N2CCN(C(=O)O)CC2)c2c(CO)csc2n1. The van der Waals surface area contributed by atoms with Gasteiger partial charge in [0.05, 0.1) is 12.0 Å². The molecule has 2 aromatic rings. The normalized spacial score (nSPS) is 15.7. The summed E-state index contributed by atoms with van der Waals surface area (Å²) in [5.74, 6) is 0.859. The molecular weight excluding hydrogens is 294 g/mol. The number of aliphatic hydroxyl groups is 1. The van der Waals surface area contributed by atoms with Gasteiger partial charge in [-0.3, -0.25) is 0 Å².